The molecule has 0 aliphatic carbocycles. The summed E-state index contributed by atoms with van der Waals surface area (Å²) in [7, 11) is 0. The minimum absolute atomic E-state index is 0.205. The molecular weight excluding hydrogens is 328 g/mol. The monoisotopic (exact) mass is 348 g/mol. The van der Waals surface area contributed by atoms with Crippen LogP contribution in [0, 0.1) is 5.92 Å². The summed E-state index contributed by atoms with van der Waals surface area (Å²) in [5, 5.41) is 11.0. The number of rotatable bonds is 5. The molecule has 0 radical (unpaired) electrons. The number of hydrogen-bond acceptors (Lipinski definition) is 4. The van der Waals surface area contributed by atoms with E-state index in [-0.39, 0.29) is 11.8 Å². The number of ether oxygens (including phenoxy) is 1. The fourth-order valence-corrected chi connectivity index (χ4v) is 3.10. The van der Waals surface area contributed by atoms with Crippen molar-refractivity contribution in [1.29, 1.82) is 0 Å². The van der Waals surface area contributed by atoms with Crippen molar-refractivity contribution >= 4 is 5.91 Å². The van der Waals surface area contributed by atoms with Crippen molar-refractivity contribution in [3.63, 3.8) is 0 Å². The zero-order chi connectivity index (χ0) is 17.8. The zero-order valence-electron chi connectivity index (χ0n) is 14.3. The average Bonchev–Trinajstić information content (AvgIpc) is 3.15. The number of aromatic nitrogens is 3. The lowest BCUT2D eigenvalue weighted by Gasteiger charge is -2.25. The Hall–Kier alpha value is -3.15. The number of nitrogens with one attached hydrogen (secondary N) is 1. The van der Waals surface area contributed by atoms with E-state index in [1.165, 1.54) is 5.56 Å². The number of carbonyl (C=O) groups excluding carboxylic acids is 1. The highest BCUT2D eigenvalue weighted by Crippen LogP contribution is 2.26. The lowest BCUT2D eigenvalue weighted by Crippen LogP contribution is -2.35. The van der Waals surface area contributed by atoms with E-state index in [0.29, 0.717) is 25.4 Å². The molecule has 0 spiro atoms. The fraction of sp³-hybridized carbons (Fsp3) is 0.250. The van der Waals surface area contributed by atoms with E-state index in [0.717, 1.165) is 17.7 Å². The quantitative estimate of drug-likeness (QED) is 0.768. The molecule has 0 bridgehead atoms. The van der Waals surface area contributed by atoms with E-state index >= 15 is 0 Å². The highest BCUT2D eigenvalue weighted by Gasteiger charge is 2.21. The van der Waals surface area contributed by atoms with Crippen LogP contribution in [0.5, 0.6) is 5.75 Å². The second-order valence-corrected chi connectivity index (χ2v) is 6.49. The Balaban J connectivity index is 1.32. The highest BCUT2D eigenvalue weighted by atomic mass is 16.5. The Morgan fingerprint density at radius 1 is 1.15 bits per heavy atom. The number of benzene rings is 2. The molecule has 1 aliphatic rings. The molecule has 1 aliphatic heterocycles. The second-order valence-electron chi connectivity index (χ2n) is 6.49. The number of carbonyl (C=O) groups is 1. The Morgan fingerprint density at radius 3 is 2.85 bits per heavy atom. The topological polar surface area (TPSA) is 69.0 Å². The van der Waals surface area contributed by atoms with Crippen molar-refractivity contribution in [3.05, 3.63) is 77.6 Å². The number of para-hydroxylation sites is 1. The third-order valence-electron chi connectivity index (χ3n) is 4.47. The van der Waals surface area contributed by atoms with Crippen LogP contribution in [0.3, 0.4) is 0 Å². The van der Waals surface area contributed by atoms with Crippen LogP contribution in [-0.4, -0.2) is 34.1 Å². The summed E-state index contributed by atoms with van der Waals surface area (Å²) in [5.41, 5.74) is 2.63. The molecule has 0 fully saturated rings. The van der Waals surface area contributed by atoms with E-state index in [1.807, 2.05) is 48.5 Å². The maximum atomic E-state index is 12.3. The van der Waals surface area contributed by atoms with Gasteiger partial charge in [0.2, 0.25) is 0 Å². The first-order chi connectivity index (χ1) is 12.8. The van der Waals surface area contributed by atoms with Crippen molar-refractivity contribution in [3.8, 4) is 5.75 Å². The summed E-state index contributed by atoms with van der Waals surface area (Å²) in [6.07, 6.45) is 2.58. The molecule has 2 aromatic carbocycles. The maximum Gasteiger partial charge on any atom is 0.273 e. The largest absolute Gasteiger partial charge is 0.493 e. The summed E-state index contributed by atoms with van der Waals surface area (Å²) in [6, 6.07) is 18.0. The van der Waals surface area contributed by atoms with Crippen molar-refractivity contribution < 1.29 is 9.53 Å². The van der Waals surface area contributed by atoms with E-state index in [2.05, 4.69) is 21.7 Å². The predicted molar refractivity (Wildman–Crippen MR) is 97.0 cm³/mol. The molecule has 6 heteroatoms. The Morgan fingerprint density at radius 2 is 1.96 bits per heavy atom. The van der Waals surface area contributed by atoms with Gasteiger partial charge in [0.25, 0.3) is 5.91 Å². The molecule has 6 nitrogen and oxygen atoms in total. The van der Waals surface area contributed by atoms with Crippen LogP contribution in [0.15, 0.2) is 60.8 Å². The van der Waals surface area contributed by atoms with Gasteiger partial charge in [0.05, 0.1) is 19.3 Å². The van der Waals surface area contributed by atoms with Crippen LogP contribution in [0.25, 0.3) is 0 Å². The van der Waals surface area contributed by atoms with E-state index < -0.39 is 0 Å². The van der Waals surface area contributed by atoms with Gasteiger partial charge in [-0.2, -0.15) is 0 Å². The molecule has 0 saturated carbocycles. The first kappa shape index (κ1) is 16.3. The third kappa shape index (κ3) is 3.74. The van der Waals surface area contributed by atoms with E-state index in [1.54, 1.807) is 10.9 Å². The summed E-state index contributed by atoms with van der Waals surface area (Å²) in [6.45, 7) is 1.76. The molecule has 1 aromatic heterocycles. The van der Waals surface area contributed by atoms with Gasteiger partial charge in [0.1, 0.15) is 5.75 Å². The molecule has 4 rings (SSSR count). The number of hydrogen-bond donors (Lipinski definition) is 1. The predicted octanol–water partition coefficient (Wildman–Crippen LogP) is 2.31. The van der Waals surface area contributed by atoms with Gasteiger partial charge in [0.15, 0.2) is 5.69 Å². The lowest BCUT2D eigenvalue weighted by molar-refractivity contribution is 0.0934. The Kier molecular flexibility index (Phi) is 4.64. The minimum atomic E-state index is -0.205. The van der Waals surface area contributed by atoms with E-state index in [9.17, 15) is 4.79 Å². The van der Waals surface area contributed by atoms with Crippen LogP contribution in [0.1, 0.15) is 21.6 Å². The fourth-order valence-electron chi connectivity index (χ4n) is 3.10. The summed E-state index contributed by atoms with van der Waals surface area (Å²) >= 11 is 0. The van der Waals surface area contributed by atoms with Gasteiger partial charge in [0, 0.05) is 12.5 Å². The van der Waals surface area contributed by atoms with Crippen LogP contribution in [0.4, 0.5) is 0 Å². The standard InChI is InChI=1S/C20H20N4O2/c25-20(18-13-24(23-22-18)12-15-6-2-1-3-7-15)21-11-16-10-17-8-4-5-9-19(17)26-14-16/h1-9,13,16H,10-12,14H2,(H,21,25). The normalized spacial score (nSPS) is 15.8. The molecule has 1 amide bonds. The first-order valence-corrected chi connectivity index (χ1v) is 8.71. The number of nitrogens with zero attached hydrogens (tertiary/aromatic N) is 3. The van der Waals surface area contributed by atoms with Gasteiger partial charge in [-0.1, -0.05) is 53.7 Å². The lowest BCUT2D eigenvalue weighted by atomic mass is 9.97. The van der Waals surface area contributed by atoms with Gasteiger partial charge >= 0.3 is 0 Å². The molecule has 1 atom stereocenters. The van der Waals surface area contributed by atoms with Gasteiger partial charge < -0.3 is 10.1 Å². The molecular formula is C20H20N4O2. The van der Waals surface area contributed by atoms with Gasteiger partial charge in [-0.25, -0.2) is 4.68 Å². The summed E-state index contributed by atoms with van der Waals surface area (Å²) in [4.78, 5) is 12.3. The third-order valence-corrected chi connectivity index (χ3v) is 4.47. The molecule has 132 valence electrons. The molecule has 1 unspecified atom stereocenters. The molecule has 2 heterocycles. The van der Waals surface area contributed by atoms with Crippen LogP contribution in [0.2, 0.25) is 0 Å². The van der Waals surface area contributed by atoms with Crippen molar-refractivity contribution in [2.45, 2.75) is 13.0 Å². The van der Waals surface area contributed by atoms with Crippen LogP contribution in [-0.2, 0) is 13.0 Å². The van der Waals surface area contributed by atoms with Crippen LogP contribution < -0.4 is 10.1 Å². The summed E-state index contributed by atoms with van der Waals surface area (Å²) < 4.78 is 7.43. The van der Waals surface area contributed by atoms with Gasteiger partial charge in [-0.15, -0.1) is 5.10 Å². The first-order valence-electron chi connectivity index (χ1n) is 8.71. The molecule has 1 N–H and O–H groups in total. The average molecular weight is 348 g/mol. The Bertz CT molecular complexity index is 892. The molecule has 0 saturated heterocycles. The highest BCUT2D eigenvalue weighted by molar-refractivity contribution is 5.91. The second kappa shape index (κ2) is 7.39. The minimum Gasteiger partial charge on any atom is -0.493 e. The van der Waals surface area contributed by atoms with Crippen molar-refractivity contribution in [2.75, 3.05) is 13.2 Å². The number of amides is 1. The molecule has 26 heavy (non-hydrogen) atoms. The van der Waals surface area contributed by atoms with Crippen molar-refractivity contribution in [2.24, 2.45) is 5.92 Å². The Labute approximate surface area is 151 Å². The summed E-state index contributed by atoms with van der Waals surface area (Å²) in [5.74, 6) is 0.996. The van der Waals surface area contributed by atoms with E-state index in [4.69, 9.17) is 4.74 Å². The smallest absolute Gasteiger partial charge is 0.273 e. The van der Waals surface area contributed by atoms with Gasteiger partial charge in [-0.05, 0) is 23.6 Å². The number of fused-ring (bicyclic) bond motifs is 1. The SMILES string of the molecule is O=C(NCC1COc2ccccc2C1)c1cn(Cc2ccccc2)nn1. The van der Waals surface area contributed by atoms with Gasteiger partial charge in [-0.3, -0.25) is 4.79 Å². The maximum absolute atomic E-state index is 12.3. The zero-order valence-corrected chi connectivity index (χ0v) is 14.3. The molecule has 3 aromatic rings. The van der Waals surface area contributed by atoms with Crippen LogP contribution >= 0.6 is 0 Å². The van der Waals surface area contributed by atoms with Crippen molar-refractivity contribution in [1.82, 2.24) is 20.3 Å².